The standard InChI is InChI=1S/C20H27N5O4/c1-20(2,3)29-19(26)24-9-7-14(8-10-24)13-23(4)18-12-21-17-11-15(25(27)28)5-6-16(17)22-18/h5-6,11-12,14H,7-10,13H2,1-4H3. The Labute approximate surface area is 169 Å². The van der Waals surface area contributed by atoms with Crippen LogP contribution in [0.3, 0.4) is 0 Å². The van der Waals surface area contributed by atoms with Crippen molar-refractivity contribution >= 4 is 28.6 Å². The van der Waals surface area contributed by atoms with E-state index in [0.717, 1.165) is 25.2 Å². The van der Waals surface area contributed by atoms with E-state index in [9.17, 15) is 14.9 Å². The van der Waals surface area contributed by atoms with Crippen LogP contribution in [0.15, 0.2) is 24.4 Å². The van der Waals surface area contributed by atoms with Gasteiger partial charge in [0.05, 0.1) is 22.2 Å². The van der Waals surface area contributed by atoms with Gasteiger partial charge in [0.15, 0.2) is 0 Å². The number of anilines is 1. The highest BCUT2D eigenvalue weighted by Crippen LogP contribution is 2.24. The fraction of sp³-hybridized carbons (Fsp3) is 0.550. The molecule has 9 nitrogen and oxygen atoms in total. The number of piperidine rings is 1. The number of carbonyl (C=O) groups excluding carboxylic acids is 1. The number of fused-ring (bicyclic) bond motifs is 1. The number of nitro benzene ring substituents is 1. The zero-order chi connectivity index (χ0) is 21.2. The Morgan fingerprint density at radius 3 is 2.62 bits per heavy atom. The summed E-state index contributed by atoms with van der Waals surface area (Å²) >= 11 is 0. The van der Waals surface area contributed by atoms with Crippen LogP contribution in [-0.2, 0) is 4.74 Å². The molecular formula is C20H27N5O4. The molecule has 0 aliphatic carbocycles. The third-order valence-electron chi connectivity index (χ3n) is 4.91. The summed E-state index contributed by atoms with van der Waals surface area (Å²) in [6.07, 6.45) is 3.19. The number of hydrogen-bond donors (Lipinski definition) is 0. The molecule has 1 aliphatic heterocycles. The van der Waals surface area contributed by atoms with Crippen LogP contribution in [0.5, 0.6) is 0 Å². The third-order valence-corrected chi connectivity index (χ3v) is 4.91. The number of rotatable bonds is 4. The maximum absolute atomic E-state index is 12.2. The topological polar surface area (TPSA) is 102 Å². The monoisotopic (exact) mass is 401 g/mol. The van der Waals surface area contributed by atoms with E-state index in [0.29, 0.717) is 30.0 Å². The predicted molar refractivity (Wildman–Crippen MR) is 110 cm³/mol. The lowest BCUT2D eigenvalue weighted by atomic mass is 9.96. The first-order valence-electron chi connectivity index (χ1n) is 9.72. The molecule has 0 bridgehead atoms. The molecule has 0 spiro atoms. The lowest BCUT2D eigenvalue weighted by Crippen LogP contribution is -2.43. The van der Waals surface area contributed by atoms with Crippen LogP contribution in [0.25, 0.3) is 11.0 Å². The van der Waals surface area contributed by atoms with Gasteiger partial charge in [-0.3, -0.25) is 15.1 Å². The molecule has 1 aliphatic rings. The van der Waals surface area contributed by atoms with E-state index < -0.39 is 10.5 Å². The van der Waals surface area contributed by atoms with E-state index >= 15 is 0 Å². The molecule has 3 rings (SSSR count). The quantitative estimate of drug-likeness (QED) is 0.569. The van der Waals surface area contributed by atoms with Crippen molar-refractivity contribution in [1.29, 1.82) is 0 Å². The maximum atomic E-state index is 12.2. The molecule has 0 N–H and O–H groups in total. The third kappa shape index (κ3) is 5.30. The second-order valence-corrected chi connectivity index (χ2v) is 8.45. The van der Waals surface area contributed by atoms with Crippen LogP contribution in [0.1, 0.15) is 33.6 Å². The molecular weight excluding hydrogens is 374 g/mol. The lowest BCUT2D eigenvalue weighted by molar-refractivity contribution is -0.384. The molecule has 1 amide bonds. The first-order valence-corrected chi connectivity index (χ1v) is 9.72. The predicted octanol–water partition coefficient (Wildman–Crippen LogP) is 3.62. The number of amides is 1. The molecule has 2 aromatic rings. The molecule has 2 heterocycles. The van der Waals surface area contributed by atoms with Crippen LogP contribution in [-0.4, -0.2) is 58.2 Å². The van der Waals surface area contributed by atoms with E-state index in [-0.39, 0.29) is 11.8 Å². The lowest BCUT2D eigenvalue weighted by Gasteiger charge is -2.35. The summed E-state index contributed by atoms with van der Waals surface area (Å²) in [4.78, 5) is 35.4. The van der Waals surface area contributed by atoms with Gasteiger partial charge in [-0.05, 0) is 45.6 Å². The zero-order valence-electron chi connectivity index (χ0n) is 17.3. The zero-order valence-corrected chi connectivity index (χ0v) is 17.3. The summed E-state index contributed by atoms with van der Waals surface area (Å²) in [5.41, 5.74) is 0.648. The summed E-state index contributed by atoms with van der Waals surface area (Å²) in [7, 11) is 1.96. The van der Waals surface area contributed by atoms with Gasteiger partial charge in [-0.25, -0.2) is 9.78 Å². The first-order chi connectivity index (χ1) is 13.6. The van der Waals surface area contributed by atoms with Gasteiger partial charge in [0.2, 0.25) is 0 Å². The number of benzene rings is 1. The van der Waals surface area contributed by atoms with Gasteiger partial charge in [-0.15, -0.1) is 0 Å². The Morgan fingerprint density at radius 1 is 1.31 bits per heavy atom. The van der Waals surface area contributed by atoms with E-state index in [1.807, 2.05) is 32.7 Å². The number of hydrogen-bond acceptors (Lipinski definition) is 7. The average Bonchev–Trinajstić information content (AvgIpc) is 2.66. The van der Waals surface area contributed by atoms with Crippen LogP contribution in [0.4, 0.5) is 16.3 Å². The van der Waals surface area contributed by atoms with Crippen LogP contribution in [0.2, 0.25) is 0 Å². The minimum absolute atomic E-state index is 0.00431. The second kappa shape index (κ2) is 8.18. The summed E-state index contributed by atoms with van der Waals surface area (Å²) < 4.78 is 5.44. The molecule has 0 saturated carbocycles. The average molecular weight is 401 g/mol. The number of likely N-dealkylation sites (tertiary alicyclic amines) is 1. The minimum atomic E-state index is -0.483. The van der Waals surface area contributed by atoms with E-state index in [2.05, 4.69) is 9.97 Å². The summed E-state index contributed by atoms with van der Waals surface area (Å²) in [6.45, 7) is 7.77. The van der Waals surface area contributed by atoms with Gasteiger partial charge in [0.25, 0.3) is 5.69 Å². The van der Waals surface area contributed by atoms with Crippen molar-refractivity contribution in [3.63, 3.8) is 0 Å². The Hall–Kier alpha value is -2.97. The first kappa shape index (κ1) is 20.8. The van der Waals surface area contributed by atoms with Crippen molar-refractivity contribution in [2.24, 2.45) is 5.92 Å². The highest BCUT2D eigenvalue weighted by molar-refractivity contribution is 5.78. The number of ether oxygens (including phenoxy) is 1. The molecule has 1 aromatic heterocycles. The number of nitrogens with zero attached hydrogens (tertiary/aromatic N) is 5. The number of nitro groups is 1. The van der Waals surface area contributed by atoms with E-state index in [1.54, 1.807) is 17.2 Å². The molecule has 29 heavy (non-hydrogen) atoms. The highest BCUT2D eigenvalue weighted by atomic mass is 16.6. The fourth-order valence-corrected chi connectivity index (χ4v) is 3.39. The molecule has 1 saturated heterocycles. The molecule has 1 fully saturated rings. The summed E-state index contributed by atoms with van der Waals surface area (Å²) in [6, 6.07) is 4.49. The summed E-state index contributed by atoms with van der Waals surface area (Å²) in [5, 5.41) is 10.9. The fourth-order valence-electron chi connectivity index (χ4n) is 3.39. The number of non-ortho nitro benzene ring substituents is 1. The molecule has 0 radical (unpaired) electrons. The number of aromatic nitrogens is 2. The Kier molecular flexibility index (Phi) is 5.86. The highest BCUT2D eigenvalue weighted by Gasteiger charge is 2.27. The minimum Gasteiger partial charge on any atom is -0.444 e. The van der Waals surface area contributed by atoms with Crippen molar-refractivity contribution in [1.82, 2.24) is 14.9 Å². The van der Waals surface area contributed by atoms with Crippen molar-refractivity contribution in [2.75, 3.05) is 31.6 Å². The Morgan fingerprint density at radius 2 is 2.00 bits per heavy atom. The SMILES string of the molecule is CN(CC1CCN(C(=O)OC(C)(C)C)CC1)c1cnc2cc([N+](=O)[O-])ccc2n1. The van der Waals surface area contributed by atoms with Crippen LogP contribution < -0.4 is 4.90 Å². The van der Waals surface area contributed by atoms with Crippen molar-refractivity contribution in [3.05, 3.63) is 34.5 Å². The molecule has 9 heteroatoms. The normalized spacial score (nSPS) is 15.4. The molecule has 1 aromatic carbocycles. The maximum Gasteiger partial charge on any atom is 0.410 e. The smallest absolute Gasteiger partial charge is 0.410 e. The Balaban J connectivity index is 1.58. The van der Waals surface area contributed by atoms with Crippen LogP contribution in [0, 0.1) is 16.0 Å². The van der Waals surface area contributed by atoms with Crippen LogP contribution >= 0.6 is 0 Å². The van der Waals surface area contributed by atoms with Gasteiger partial charge < -0.3 is 14.5 Å². The van der Waals surface area contributed by atoms with Crippen molar-refractivity contribution in [2.45, 2.75) is 39.2 Å². The Bertz CT molecular complexity index is 903. The van der Waals surface area contributed by atoms with Gasteiger partial charge in [-0.1, -0.05) is 0 Å². The van der Waals surface area contributed by atoms with E-state index in [1.165, 1.54) is 12.1 Å². The van der Waals surface area contributed by atoms with Gasteiger partial charge in [0.1, 0.15) is 11.4 Å². The van der Waals surface area contributed by atoms with Crippen molar-refractivity contribution in [3.8, 4) is 0 Å². The summed E-state index contributed by atoms with van der Waals surface area (Å²) in [5.74, 6) is 1.16. The molecule has 0 atom stereocenters. The largest absolute Gasteiger partial charge is 0.444 e. The van der Waals surface area contributed by atoms with Gasteiger partial charge in [-0.2, -0.15) is 0 Å². The van der Waals surface area contributed by atoms with Gasteiger partial charge >= 0.3 is 6.09 Å². The second-order valence-electron chi connectivity index (χ2n) is 8.45. The molecule has 0 unspecified atom stereocenters. The van der Waals surface area contributed by atoms with E-state index in [4.69, 9.17) is 4.74 Å². The van der Waals surface area contributed by atoms with Crippen molar-refractivity contribution < 1.29 is 14.5 Å². The van der Waals surface area contributed by atoms with Gasteiger partial charge in [0, 0.05) is 38.8 Å². The number of carbonyl (C=O) groups is 1. The molecule has 156 valence electrons.